The molecule has 0 unspecified atom stereocenters. The van der Waals surface area contributed by atoms with Crippen LogP contribution in [0, 0.1) is 10.1 Å². The summed E-state index contributed by atoms with van der Waals surface area (Å²) in [6.45, 7) is 3.70. The van der Waals surface area contributed by atoms with Crippen LogP contribution >= 0.6 is 11.3 Å². The summed E-state index contributed by atoms with van der Waals surface area (Å²) in [6.07, 6.45) is 0. The van der Waals surface area contributed by atoms with E-state index in [2.05, 4.69) is 10.4 Å². The molecular weight excluding hydrogens is 308 g/mol. The molecule has 0 spiro atoms. The molecule has 0 radical (unpaired) electrons. The first-order valence-electron chi connectivity index (χ1n) is 6.74. The van der Waals surface area contributed by atoms with Crippen molar-refractivity contribution in [2.75, 3.05) is 5.32 Å². The number of aromatic amines is 1. The topological polar surface area (TPSA) is 110 Å². The van der Waals surface area contributed by atoms with Gasteiger partial charge < -0.3 is 5.32 Å². The van der Waals surface area contributed by atoms with Crippen LogP contribution in [0.2, 0.25) is 0 Å². The van der Waals surface area contributed by atoms with Crippen LogP contribution in [-0.2, 0) is 4.79 Å². The number of hydrogen-bond donors (Lipinski definition) is 2. The van der Waals surface area contributed by atoms with Gasteiger partial charge in [-0.1, -0.05) is 6.07 Å². The molecule has 0 saturated heterocycles. The number of carbonyl (C=O) groups is 1. The number of carbonyl (C=O) groups excluding carboxylic acids is 1. The van der Waals surface area contributed by atoms with Crippen molar-refractivity contribution in [3.8, 4) is 0 Å². The van der Waals surface area contributed by atoms with Crippen LogP contribution in [0.3, 0.4) is 0 Å². The van der Waals surface area contributed by atoms with Crippen molar-refractivity contribution < 1.29 is 9.72 Å². The molecule has 1 aliphatic rings. The molecule has 0 bridgehead atoms. The number of amides is 1. The van der Waals surface area contributed by atoms with E-state index in [1.54, 1.807) is 17.5 Å². The highest BCUT2D eigenvalue weighted by atomic mass is 32.1. The van der Waals surface area contributed by atoms with Crippen LogP contribution in [0.15, 0.2) is 22.3 Å². The Bertz CT molecular complexity index is 790. The molecule has 2 aromatic rings. The Labute approximate surface area is 128 Å². The predicted octanol–water partition coefficient (Wildman–Crippen LogP) is 1.55. The zero-order valence-corrected chi connectivity index (χ0v) is 12.7. The first-order valence-corrected chi connectivity index (χ1v) is 7.62. The summed E-state index contributed by atoms with van der Waals surface area (Å²) in [5.41, 5.74) is -0.161. The van der Waals surface area contributed by atoms with Crippen LogP contribution in [0.5, 0.6) is 0 Å². The zero-order valence-electron chi connectivity index (χ0n) is 11.9. The van der Waals surface area contributed by atoms with Crippen LogP contribution in [0.25, 0.3) is 0 Å². The van der Waals surface area contributed by atoms with Crippen molar-refractivity contribution in [2.24, 2.45) is 0 Å². The number of hydrogen-bond acceptors (Lipinski definition) is 5. The van der Waals surface area contributed by atoms with E-state index in [9.17, 15) is 19.7 Å². The molecule has 0 fully saturated rings. The fourth-order valence-corrected chi connectivity index (χ4v) is 3.61. The fourth-order valence-electron chi connectivity index (χ4n) is 2.75. The number of rotatable bonds is 3. The van der Waals surface area contributed by atoms with Gasteiger partial charge in [0.15, 0.2) is 0 Å². The third kappa shape index (κ3) is 2.05. The summed E-state index contributed by atoms with van der Waals surface area (Å²) in [4.78, 5) is 35.9. The lowest BCUT2D eigenvalue weighted by molar-refractivity contribution is -0.509. The van der Waals surface area contributed by atoms with Crippen LogP contribution in [-0.4, -0.2) is 26.7 Å². The molecular formula is C13H14N4O4S. The second kappa shape index (κ2) is 5.09. The number of anilines is 1. The highest BCUT2D eigenvalue weighted by Crippen LogP contribution is 2.38. The highest BCUT2D eigenvalue weighted by Gasteiger charge is 2.49. The first kappa shape index (κ1) is 14.5. The third-order valence-electron chi connectivity index (χ3n) is 3.69. The van der Waals surface area contributed by atoms with Gasteiger partial charge in [-0.2, -0.15) is 0 Å². The number of nitrogens with zero attached hydrogens (tertiary/aromatic N) is 2. The van der Waals surface area contributed by atoms with Crippen molar-refractivity contribution in [1.82, 2.24) is 9.78 Å². The minimum atomic E-state index is -1.50. The number of fused-ring (bicyclic) bond motifs is 1. The van der Waals surface area contributed by atoms with Crippen molar-refractivity contribution in [3.63, 3.8) is 0 Å². The number of thiophene rings is 1. The van der Waals surface area contributed by atoms with Gasteiger partial charge in [0.05, 0.1) is 5.56 Å². The summed E-state index contributed by atoms with van der Waals surface area (Å²) in [7, 11) is 0. The molecule has 0 aromatic carbocycles. The molecule has 0 saturated carbocycles. The Kier molecular flexibility index (Phi) is 3.36. The summed E-state index contributed by atoms with van der Waals surface area (Å²) in [5.74, 6) is -1.26. The number of nitrogens with one attached hydrogen (secondary N) is 2. The molecule has 1 aliphatic heterocycles. The van der Waals surface area contributed by atoms with E-state index in [0.29, 0.717) is 10.7 Å². The van der Waals surface area contributed by atoms with E-state index >= 15 is 0 Å². The smallest absolute Gasteiger partial charge is 0.302 e. The van der Waals surface area contributed by atoms with Crippen LogP contribution < -0.4 is 10.9 Å². The lowest BCUT2D eigenvalue weighted by atomic mass is 9.88. The Morgan fingerprint density at radius 1 is 1.41 bits per heavy atom. The molecule has 3 heterocycles. The van der Waals surface area contributed by atoms with Gasteiger partial charge >= 0.3 is 11.9 Å². The van der Waals surface area contributed by atoms with Gasteiger partial charge in [-0.3, -0.25) is 29.5 Å². The molecule has 2 N–H and O–H groups in total. The van der Waals surface area contributed by atoms with Gasteiger partial charge in [-0.25, -0.2) is 0 Å². The van der Waals surface area contributed by atoms with Gasteiger partial charge in [0.1, 0.15) is 11.7 Å². The number of aromatic nitrogens is 2. The fraction of sp³-hybridized carbons (Fsp3) is 0.385. The van der Waals surface area contributed by atoms with Gasteiger partial charge in [-0.05, 0) is 25.3 Å². The second-order valence-corrected chi connectivity index (χ2v) is 6.36. The van der Waals surface area contributed by atoms with Gasteiger partial charge in [-0.15, -0.1) is 11.3 Å². The third-order valence-corrected chi connectivity index (χ3v) is 4.65. The van der Waals surface area contributed by atoms with Gasteiger partial charge in [0, 0.05) is 15.8 Å². The lowest BCUT2D eigenvalue weighted by Gasteiger charge is -2.25. The number of H-pyrrole nitrogens is 1. The summed E-state index contributed by atoms with van der Waals surface area (Å²) in [6, 6.07) is 1.86. The maximum Gasteiger partial charge on any atom is 0.302 e. The van der Waals surface area contributed by atoms with E-state index in [-0.39, 0.29) is 11.6 Å². The number of nitro groups is 1. The summed E-state index contributed by atoms with van der Waals surface area (Å²) in [5, 5.41) is 18.3. The Hall–Kier alpha value is -2.42. The van der Waals surface area contributed by atoms with Crippen molar-refractivity contribution in [2.45, 2.75) is 31.8 Å². The van der Waals surface area contributed by atoms with Gasteiger partial charge in [0.25, 0.3) is 5.56 Å². The summed E-state index contributed by atoms with van der Waals surface area (Å²) < 4.78 is 1.53. The molecule has 2 atom stereocenters. The van der Waals surface area contributed by atoms with E-state index < -0.39 is 28.3 Å². The van der Waals surface area contributed by atoms with Crippen molar-refractivity contribution in [1.29, 1.82) is 0 Å². The Morgan fingerprint density at radius 3 is 2.68 bits per heavy atom. The molecule has 0 aliphatic carbocycles. The molecule has 2 aromatic heterocycles. The summed E-state index contributed by atoms with van der Waals surface area (Å²) >= 11 is 1.30. The monoisotopic (exact) mass is 322 g/mol. The van der Waals surface area contributed by atoms with Crippen LogP contribution in [0.4, 0.5) is 5.82 Å². The zero-order chi connectivity index (χ0) is 16.0. The van der Waals surface area contributed by atoms with Crippen LogP contribution in [0.1, 0.15) is 36.2 Å². The van der Waals surface area contributed by atoms with E-state index in [1.165, 1.54) is 16.0 Å². The molecule has 9 heteroatoms. The quantitative estimate of drug-likeness (QED) is 0.659. The standard InChI is InChI=1S/C13H14N4O4S/c1-6(2)16-11-9(12(18)15-16)8(7-4-3-5-22-7)10(17(20)21)13(19)14-11/h3-6,8,10H,1-2H3,(H,14,19)(H,15,18)/t8-,10+/m1/s1. The Morgan fingerprint density at radius 2 is 2.14 bits per heavy atom. The van der Waals surface area contributed by atoms with E-state index in [4.69, 9.17) is 0 Å². The Balaban J connectivity index is 2.27. The first-order chi connectivity index (χ1) is 10.4. The molecule has 8 nitrogen and oxygen atoms in total. The highest BCUT2D eigenvalue weighted by molar-refractivity contribution is 7.10. The van der Waals surface area contributed by atoms with Crippen molar-refractivity contribution in [3.05, 3.63) is 48.4 Å². The minimum absolute atomic E-state index is 0.0899. The molecule has 3 rings (SSSR count). The average molecular weight is 322 g/mol. The molecule has 22 heavy (non-hydrogen) atoms. The van der Waals surface area contributed by atoms with Crippen molar-refractivity contribution >= 4 is 23.1 Å². The van der Waals surface area contributed by atoms with E-state index in [0.717, 1.165) is 0 Å². The average Bonchev–Trinajstić information content (AvgIpc) is 3.05. The normalized spacial score (nSPS) is 20.8. The SMILES string of the molecule is CC(C)n1[nH]c(=O)c2c1NC(=O)[C@@H]([N+](=O)[O-])[C@@H]2c1cccs1. The predicted molar refractivity (Wildman–Crippen MR) is 81.0 cm³/mol. The lowest BCUT2D eigenvalue weighted by Crippen LogP contribution is -2.45. The maximum atomic E-state index is 12.3. The molecule has 1 amide bonds. The second-order valence-electron chi connectivity index (χ2n) is 5.38. The van der Waals surface area contributed by atoms with Gasteiger partial charge in [0.2, 0.25) is 0 Å². The van der Waals surface area contributed by atoms with E-state index in [1.807, 2.05) is 13.8 Å². The largest absolute Gasteiger partial charge is 0.305 e. The maximum absolute atomic E-state index is 12.3. The minimum Gasteiger partial charge on any atom is -0.305 e. The molecule has 116 valence electrons.